The third-order valence-corrected chi connectivity index (χ3v) is 6.02. The van der Waals surface area contributed by atoms with Crippen LogP contribution in [0.25, 0.3) is 16.4 Å². The molecule has 0 aliphatic rings. The van der Waals surface area contributed by atoms with Crippen LogP contribution in [0.4, 0.5) is 0 Å². The molecule has 0 saturated carbocycles. The number of carbonyl (C=O) groups is 1. The van der Waals surface area contributed by atoms with Gasteiger partial charge in [0.1, 0.15) is 6.33 Å². The van der Waals surface area contributed by atoms with Gasteiger partial charge in [-0.05, 0) is 18.2 Å². The van der Waals surface area contributed by atoms with Crippen LogP contribution in [0.3, 0.4) is 0 Å². The number of aromatic nitrogens is 3. The average molecular weight is 383 g/mol. The highest BCUT2D eigenvalue weighted by atomic mass is 32.2. The SMILES string of the molecule is COC(=O)c1c(O)c2cccc(S(=O)(=O)c3ccccc3)c2c2ncnn12. The normalized spacial score (nSPS) is 11.7. The second kappa shape index (κ2) is 6.06. The van der Waals surface area contributed by atoms with E-state index in [9.17, 15) is 18.3 Å². The Morgan fingerprint density at radius 3 is 2.56 bits per heavy atom. The van der Waals surface area contributed by atoms with E-state index in [1.165, 1.54) is 43.8 Å². The zero-order chi connectivity index (χ0) is 19.2. The number of aromatic hydroxyl groups is 1. The maximum Gasteiger partial charge on any atom is 0.360 e. The van der Waals surface area contributed by atoms with E-state index >= 15 is 0 Å². The number of fused-ring (bicyclic) bond motifs is 3. The van der Waals surface area contributed by atoms with Crippen molar-refractivity contribution < 1.29 is 23.1 Å². The highest BCUT2D eigenvalue weighted by molar-refractivity contribution is 7.91. The topological polar surface area (TPSA) is 111 Å². The Kier molecular flexibility index (Phi) is 3.81. The quantitative estimate of drug-likeness (QED) is 0.540. The molecule has 9 heteroatoms. The number of ether oxygens (including phenoxy) is 1. The van der Waals surface area contributed by atoms with E-state index in [0.29, 0.717) is 0 Å². The highest BCUT2D eigenvalue weighted by Gasteiger charge is 2.27. The van der Waals surface area contributed by atoms with E-state index in [2.05, 4.69) is 10.1 Å². The minimum atomic E-state index is -3.90. The van der Waals surface area contributed by atoms with Crippen LogP contribution in [0.15, 0.2) is 64.6 Å². The fourth-order valence-electron chi connectivity index (χ4n) is 2.99. The molecular weight excluding hydrogens is 370 g/mol. The number of hydrogen-bond donors (Lipinski definition) is 1. The molecule has 2 heterocycles. The first kappa shape index (κ1) is 17.0. The van der Waals surface area contributed by atoms with E-state index in [0.717, 1.165) is 4.52 Å². The third kappa shape index (κ3) is 2.43. The largest absolute Gasteiger partial charge is 0.505 e. The van der Waals surface area contributed by atoms with Crippen LogP contribution >= 0.6 is 0 Å². The Hall–Kier alpha value is -3.46. The molecule has 0 bridgehead atoms. The molecule has 0 aliphatic heterocycles. The molecule has 0 amide bonds. The van der Waals surface area contributed by atoms with Crippen molar-refractivity contribution in [1.82, 2.24) is 14.6 Å². The van der Waals surface area contributed by atoms with Crippen molar-refractivity contribution in [3.8, 4) is 5.75 Å². The average Bonchev–Trinajstić information content (AvgIpc) is 3.17. The van der Waals surface area contributed by atoms with E-state index in [4.69, 9.17) is 4.74 Å². The smallest absolute Gasteiger partial charge is 0.360 e. The van der Waals surface area contributed by atoms with Crippen LogP contribution in [0.1, 0.15) is 10.5 Å². The molecule has 4 aromatic rings. The molecule has 8 nitrogen and oxygen atoms in total. The summed E-state index contributed by atoms with van der Waals surface area (Å²) in [7, 11) is -2.73. The summed E-state index contributed by atoms with van der Waals surface area (Å²) >= 11 is 0. The van der Waals surface area contributed by atoms with Crippen LogP contribution in [-0.2, 0) is 14.6 Å². The van der Waals surface area contributed by atoms with Gasteiger partial charge in [0.05, 0.1) is 16.9 Å². The van der Waals surface area contributed by atoms with Gasteiger partial charge in [-0.25, -0.2) is 22.7 Å². The Balaban J connectivity index is 2.16. The van der Waals surface area contributed by atoms with Crippen molar-refractivity contribution in [2.24, 2.45) is 0 Å². The molecule has 2 aromatic heterocycles. The van der Waals surface area contributed by atoms with Crippen molar-refractivity contribution in [2.75, 3.05) is 7.11 Å². The Morgan fingerprint density at radius 1 is 1.11 bits per heavy atom. The van der Waals surface area contributed by atoms with Crippen LogP contribution in [0.5, 0.6) is 5.75 Å². The van der Waals surface area contributed by atoms with Crippen LogP contribution < -0.4 is 0 Å². The van der Waals surface area contributed by atoms with Gasteiger partial charge in [0.2, 0.25) is 9.84 Å². The standard InChI is InChI=1S/C18H13N3O5S/c1-26-18(23)15-16(22)12-8-5-9-13(14(12)17-19-10-20-21(15)17)27(24,25)11-6-3-2-4-7-11/h2-10,22H,1H3. The third-order valence-electron chi connectivity index (χ3n) is 4.21. The Morgan fingerprint density at radius 2 is 1.85 bits per heavy atom. The van der Waals surface area contributed by atoms with Gasteiger partial charge in [-0.15, -0.1) is 0 Å². The minimum Gasteiger partial charge on any atom is -0.505 e. The van der Waals surface area contributed by atoms with Crippen LogP contribution in [0, 0.1) is 0 Å². The second-order valence-electron chi connectivity index (χ2n) is 5.68. The fourth-order valence-corrected chi connectivity index (χ4v) is 4.49. The molecule has 0 radical (unpaired) electrons. The summed E-state index contributed by atoms with van der Waals surface area (Å²) in [6.07, 6.45) is 1.17. The predicted octanol–water partition coefficient (Wildman–Crippen LogP) is 2.21. The van der Waals surface area contributed by atoms with Gasteiger partial charge in [-0.3, -0.25) is 0 Å². The number of pyridine rings is 1. The summed E-state index contributed by atoms with van der Waals surface area (Å²) in [6, 6.07) is 12.4. The van der Waals surface area contributed by atoms with Crippen molar-refractivity contribution >= 4 is 32.2 Å². The fraction of sp³-hybridized carbons (Fsp3) is 0.0556. The van der Waals surface area contributed by atoms with Gasteiger partial charge >= 0.3 is 5.97 Å². The monoisotopic (exact) mass is 383 g/mol. The summed E-state index contributed by atoms with van der Waals surface area (Å²) in [4.78, 5) is 16.3. The summed E-state index contributed by atoms with van der Waals surface area (Å²) in [5, 5.41) is 14.9. The lowest BCUT2D eigenvalue weighted by molar-refractivity contribution is 0.0587. The minimum absolute atomic E-state index is 0.0454. The first-order chi connectivity index (χ1) is 13.0. The molecule has 0 fully saturated rings. The molecule has 27 heavy (non-hydrogen) atoms. The summed E-state index contributed by atoms with van der Waals surface area (Å²) in [5.41, 5.74) is -0.106. The molecule has 0 aliphatic carbocycles. The molecule has 0 atom stereocenters. The van der Waals surface area contributed by atoms with Crippen molar-refractivity contribution in [3.63, 3.8) is 0 Å². The number of carbonyl (C=O) groups excluding carboxylic acids is 1. The first-order valence-electron chi connectivity index (χ1n) is 7.82. The van der Waals surface area contributed by atoms with E-state index in [1.54, 1.807) is 18.2 Å². The van der Waals surface area contributed by atoms with Crippen molar-refractivity contribution in [1.29, 1.82) is 0 Å². The molecule has 4 rings (SSSR count). The zero-order valence-corrected chi connectivity index (χ0v) is 14.8. The maximum atomic E-state index is 13.2. The number of nitrogens with zero attached hydrogens (tertiary/aromatic N) is 3. The number of esters is 1. The molecule has 0 saturated heterocycles. The lowest BCUT2D eigenvalue weighted by atomic mass is 10.1. The van der Waals surface area contributed by atoms with Crippen molar-refractivity contribution in [3.05, 3.63) is 60.6 Å². The molecule has 0 unspecified atom stereocenters. The molecule has 0 spiro atoms. The predicted molar refractivity (Wildman–Crippen MR) is 95.4 cm³/mol. The lowest BCUT2D eigenvalue weighted by Gasteiger charge is -2.13. The van der Waals surface area contributed by atoms with Gasteiger partial charge in [0, 0.05) is 10.8 Å². The number of rotatable bonds is 3. The van der Waals surface area contributed by atoms with E-state index in [-0.39, 0.29) is 31.9 Å². The number of sulfone groups is 1. The van der Waals surface area contributed by atoms with Gasteiger partial charge in [-0.1, -0.05) is 30.3 Å². The number of methoxy groups -OCH3 is 1. The summed E-state index contributed by atoms with van der Waals surface area (Å²) in [5.74, 6) is -1.25. The molecular formula is C18H13N3O5S. The molecule has 136 valence electrons. The van der Waals surface area contributed by atoms with Gasteiger partial charge in [0.15, 0.2) is 17.1 Å². The summed E-state index contributed by atoms with van der Waals surface area (Å²) in [6.45, 7) is 0. The lowest BCUT2D eigenvalue weighted by Crippen LogP contribution is -2.11. The van der Waals surface area contributed by atoms with E-state index < -0.39 is 21.6 Å². The van der Waals surface area contributed by atoms with Gasteiger partial charge in [-0.2, -0.15) is 5.10 Å². The van der Waals surface area contributed by atoms with E-state index in [1.807, 2.05) is 0 Å². The Labute approximate surface area is 153 Å². The molecule has 2 aromatic carbocycles. The zero-order valence-electron chi connectivity index (χ0n) is 14.0. The van der Waals surface area contributed by atoms with Crippen LogP contribution in [-0.4, -0.2) is 41.2 Å². The van der Waals surface area contributed by atoms with Crippen molar-refractivity contribution in [2.45, 2.75) is 9.79 Å². The highest BCUT2D eigenvalue weighted by Crippen LogP contribution is 2.37. The number of hydrogen-bond acceptors (Lipinski definition) is 7. The summed E-state index contributed by atoms with van der Waals surface area (Å²) < 4.78 is 32.1. The maximum absolute atomic E-state index is 13.2. The Bertz CT molecular complexity index is 1300. The second-order valence-corrected chi connectivity index (χ2v) is 7.60. The molecule has 1 N–H and O–H groups in total. The van der Waals surface area contributed by atoms with Gasteiger partial charge in [0.25, 0.3) is 0 Å². The van der Waals surface area contributed by atoms with Crippen LogP contribution in [0.2, 0.25) is 0 Å². The first-order valence-corrected chi connectivity index (χ1v) is 9.31. The number of benzene rings is 2. The van der Waals surface area contributed by atoms with Gasteiger partial charge < -0.3 is 9.84 Å².